The minimum Gasteiger partial charge on any atom is -0.478 e. The van der Waals surface area contributed by atoms with E-state index in [2.05, 4.69) is 6.58 Å². The number of carbonyl (C=O) groups is 2. The van der Waals surface area contributed by atoms with Crippen LogP contribution in [0.2, 0.25) is 0 Å². The molecule has 0 aliphatic heterocycles. The fourth-order valence-electron chi connectivity index (χ4n) is 1.47. The van der Waals surface area contributed by atoms with Crippen molar-refractivity contribution in [3.05, 3.63) is 54.1 Å². The van der Waals surface area contributed by atoms with E-state index in [4.69, 9.17) is 10.2 Å². The van der Waals surface area contributed by atoms with Crippen molar-refractivity contribution >= 4 is 17.5 Å². The predicted octanol–water partition coefficient (Wildman–Crippen LogP) is 2.19. The van der Waals surface area contributed by atoms with Crippen molar-refractivity contribution in [2.75, 3.05) is 0 Å². The highest BCUT2D eigenvalue weighted by Crippen LogP contribution is 2.21. The molecule has 4 heteroatoms. The highest BCUT2D eigenvalue weighted by atomic mass is 16.4. The van der Waals surface area contributed by atoms with Crippen molar-refractivity contribution in [2.45, 2.75) is 6.42 Å². The molecule has 4 nitrogen and oxygen atoms in total. The highest BCUT2D eigenvalue weighted by molar-refractivity contribution is 6.21. The van der Waals surface area contributed by atoms with Crippen LogP contribution in [0.4, 0.5) is 0 Å². The van der Waals surface area contributed by atoms with E-state index in [9.17, 15) is 9.59 Å². The highest BCUT2D eigenvalue weighted by Gasteiger charge is 2.20. The van der Waals surface area contributed by atoms with Crippen LogP contribution >= 0.6 is 0 Å². The third-order valence-electron chi connectivity index (χ3n) is 2.18. The van der Waals surface area contributed by atoms with Crippen LogP contribution in [-0.2, 0) is 9.59 Å². The van der Waals surface area contributed by atoms with Crippen LogP contribution in [-0.4, -0.2) is 22.2 Å². The van der Waals surface area contributed by atoms with Gasteiger partial charge in [-0.05, 0) is 12.0 Å². The van der Waals surface area contributed by atoms with Gasteiger partial charge in [0.25, 0.3) is 0 Å². The molecule has 2 N–H and O–H groups in total. The number of carboxylic acid groups (broad SMARTS) is 2. The number of benzene rings is 1. The van der Waals surface area contributed by atoms with Gasteiger partial charge in [-0.2, -0.15) is 0 Å². The maximum atomic E-state index is 11.2. The Morgan fingerprint density at radius 3 is 2.12 bits per heavy atom. The summed E-state index contributed by atoms with van der Waals surface area (Å²) in [7, 11) is 0. The lowest BCUT2D eigenvalue weighted by atomic mass is 9.98. The molecule has 0 aliphatic rings. The Kier molecular flexibility index (Phi) is 4.22. The molecule has 1 aromatic rings. The Morgan fingerprint density at radius 1 is 1.12 bits per heavy atom. The van der Waals surface area contributed by atoms with Crippen molar-refractivity contribution in [1.29, 1.82) is 0 Å². The summed E-state index contributed by atoms with van der Waals surface area (Å²) in [5.41, 5.74) is 0.0101. The first-order valence-electron chi connectivity index (χ1n) is 4.94. The lowest BCUT2D eigenvalue weighted by Crippen LogP contribution is -2.10. The molecule has 0 bridgehead atoms. The Hall–Kier alpha value is -2.36. The first kappa shape index (κ1) is 12.7. The molecule has 1 rings (SSSR count). The zero-order chi connectivity index (χ0) is 12.8. The number of carboxylic acids is 2. The van der Waals surface area contributed by atoms with Crippen LogP contribution in [0.15, 0.2) is 48.6 Å². The van der Waals surface area contributed by atoms with Crippen molar-refractivity contribution < 1.29 is 19.8 Å². The average Bonchev–Trinajstić information content (AvgIpc) is 2.29. The van der Waals surface area contributed by atoms with Gasteiger partial charge in [0.2, 0.25) is 0 Å². The Balaban J connectivity index is 3.42. The molecular formula is C13H12O4. The van der Waals surface area contributed by atoms with Gasteiger partial charge < -0.3 is 10.2 Å². The monoisotopic (exact) mass is 232 g/mol. The van der Waals surface area contributed by atoms with Gasteiger partial charge in [-0.3, -0.25) is 0 Å². The minimum atomic E-state index is -1.25. The Labute approximate surface area is 98.5 Å². The lowest BCUT2D eigenvalue weighted by Gasteiger charge is -2.07. The minimum absolute atomic E-state index is 0.00581. The topological polar surface area (TPSA) is 74.6 Å². The van der Waals surface area contributed by atoms with E-state index in [0.717, 1.165) is 0 Å². The fourth-order valence-corrected chi connectivity index (χ4v) is 1.47. The second kappa shape index (κ2) is 5.65. The summed E-state index contributed by atoms with van der Waals surface area (Å²) in [4.78, 5) is 22.2. The smallest absolute Gasteiger partial charge is 0.336 e. The molecule has 0 heterocycles. The van der Waals surface area contributed by atoms with Gasteiger partial charge in [-0.1, -0.05) is 36.4 Å². The number of allylic oxidation sites excluding steroid dienone is 1. The predicted molar refractivity (Wildman–Crippen MR) is 63.4 cm³/mol. The molecule has 17 heavy (non-hydrogen) atoms. The summed E-state index contributed by atoms with van der Waals surface area (Å²) < 4.78 is 0. The van der Waals surface area contributed by atoms with Crippen molar-refractivity contribution in [3.8, 4) is 0 Å². The van der Waals surface area contributed by atoms with E-state index >= 15 is 0 Å². The standard InChI is InChI=1S/C13H12O4/c1-2-6-10(12(14)15)11(13(16)17)9-7-4-3-5-8-9/h2-5,7-8H,1,6H2,(H,14,15)(H,16,17)/b11-10-. The normalized spacial score (nSPS) is 11.5. The first-order valence-corrected chi connectivity index (χ1v) is 4.94. The molecule has 1 aromatic carbocycles. The summed E-state index contributed by atoms with van der Waals surface area (Å²) in [5.74, 6) is -2.50. The van der Waals surface area contributed by atoms with Crippen LogP contribution in [0, 0.1) is 0 Å². The molecule has 0 fully saturated rings. The quantitative estimate of drug-likeness (QED) is 0.602. The molecule has 0 spiro atoms. The third kappa shape index (κ3) is 3.04. The van der Waals surface area contributed by atoms with Crippen LogP contribution < -0.4 is 0 Å². The van der Waals surface area contributed by atoms with E-state index in [1.165, 1.54) is 6.08 Å². The molecule has 0 aliphatic carbocycles. The van der Waals surface area contributed by atoms with Crippen LogP contribution in [0.1, 0.15) is 12.0 Å². The van der Waals surface area contributed by atoms with Gasteiger partial charge in [-0.25, -0.2) is 9.59 Å². The third-order valence-corrected chi connectivity index (χ3v) is 2.18. The van der Waals surface area contributed by atoms with Gasteiger partial charge in [0.05, 0.1) is 11.1 Å². The molecule has 0 radical (unpaired) electrons. The Bertz CT molecular complexity index is 471. The molecule has 0 aromatic heterocycles. The van der Waals surface area contributed by atoms with Gasteiger partial charge in [0.1, 0.15) is 0 Å². The van der Waals surface area contributed by atoms with Gasteiger partial charge in [0, 0.05) is 0 Å². The Morgan fingerprint density at radius 2 is 1.71 bits per heavy atom. The number of hydrogen-bond acceptors (Lipinski definition) is 2. The first-order chi connectivity index (χ1) is 8.07. The van der Waals surface area contributed by atoms with E-state index in [0.29, 0.717) is 5.56 Å². The zero-order valence-corrected chi connectivity index (χ0v) is 9.09. The van der Waals surface area contributed by atoms with Crippen molar-refractivity contribution in [1.82, 2.24) is 0 Å². The summed E-state index contributed by atoms with van der Waals surface area (Å²) in [5, 5.41) is 18.1. The molecule has 0 atom stereocenters. The molecule has 0 unspecified atom stereocenters. The molecule has 0 amide bonds. The van der Waals surface area contributed by atoms with E-state index < -0.39 is 11.9 Å². The van der Waals surface area contributed by atoms with Crippen LogP contribution in [0.3, 0.4) is 0 Å². The van der Waals surface area contributed by atoms with Gasteiger partial charge in [0.15, 0.2) is 0 Å². The van der Waals surface area contributed by atoms with E-state index in [1.54, 1.807) is 30.3 Å². The maximum Gasteiger partial charge on any atom is 0.336 e. The number of rotatable bonds is 5. The fraction of sp³-hybridized carbons (Fsp3) is 0.0769. The largest absolute Gasteiger partial charge is 0.478 e. The van der Waals surface area contributed by atoms with Crippen molar-refractivity contribution in [3.63, 3.8) is 0 Å². The average molecular weight is 232 g/mol. The second-order valence-corrected chi connectivity index (χ2v) is 3.32. The zero-order valence-electron chi connectivity index (χ0n) is 9.09. The maximum absolute atomic E-state index is 11.2. The molecule has 88 valence electrons. The van der Waals surface area contributed by atoms with E-state index in [-0.39, 0.29) is 17.6 Å². The van der Waals surface area contributed by atoms with E-state index in [1.807, 2.05) is 0 Å². The van der Waals surface area contributed by atoms with Crippen LogP contribution in [0.25, 0.3) is 5.57 Å². The summed E-state index contributed by atoms with van der Waals surface area (Å²) in [6.45, 7) is 3.43. The second-order valence-electron chi connectivity index (χ2n) is 3.32. The number of hydrogen-bond donors (Lipinski definition) is 2. The van der Waals surface area contributed by atoms with Crippen molar-refractivity contribution in [2.24, 2.45) is 0 Å². The summed E-state index contributed by atoms with van der Waals surface area (Å²) in [6, 6.07) is 8.18. The summed E-state index contributed by atoms with van der Waals surface area (Å²) >= 11 is 0. The SMILES string of the molecule is C=CC/C(C(=O)O)=C(/C(=O)O)c1ccccc1. The number of aliphatic carboxylic acids is 2. The lowest BCUT2D eigenvalue weighted by molar-refractivity contribution is -0.134. The molecule has 0 saturated heterocycles. The molecule has 0 saturated carbocycles. The molecular weight excluding hydrogens is 220 g/mol. The van der Waals surface area contributed by atoms with Gasteiger partial charge in [-0.15, -0.1) is 6.58 Å². The van der Waals surface area contributed by atoms with Gasteiger partial charge >= 0.3 is 11.9 Å². The summed E-state index contributed by atoms with van der Waals surface area (Å²) in [6.07, 6.45) is 1.38. The van der Waals surface area contributed by atoms with Crippen LogP contribution in [0.5, 0.6) is 0 Å².